The Morgan fingerprint density at radius 1 is 0.929 bits per heavy atom. The molecule has 0 saturated heterocycles. The van der Waals surface area contributed by atoms with Crippen LogP contribution in [0, 0.1) is 0 Å². The molecule has 7 heteroatoms. The minimum atomic E-state index is -0.261. The van der Waals surface area contributed by atoms with E-state index in [9.17, 15) is 9.59 Å². The lowest BCUT2D eigenvalue weighted by molar-refractivity contribution is -0.116. The Hall–Kier alpha value is -2.73. The summed E-state index contributed by atoms with van der Waals surface area (Å²) in [6, 6.07) is 12.2. The average Bonchev–Trinajstić information content (AvgIpc) is 2.70. The maximum Gasteiger partial charge on any atom is 0.255 e. The quantitative estimate of drug-likeness (QED) is 0.563. The summed E-state index contributed by atoms with van der Waals surface area (Å²) in [5.74, 6) is 0.893. The van der Waals surface area contributed by atoms with Gasteiger partial charge in [-0.3, -0.25) is 9.59 Å². The summed E-state index contributed by atoms with van der Waals surface area (Å²) in [7, 11) is 0. The summed E-state index contributed by atoms with van der Waals surface area (Å²) in [5.41, 5.74) is 1.49. The lowest BCUT2D eigenvalue weighted by atomic mass is 10.2. The zero-order valence-corrected chi connectivity index (χ0v) is 16.8. The van der Waals surface area contributed by atoms with E-state index in [4.69, 9.17) is 21.1 Å². The van der Waals surface area contributed by atoms with Crippen LogP contribution in [0.4, 0.5) is 11.4 Å². The Kier molecular flexibility index (Phi) is 8.62. The molecule has 0 bridgehead atoms. The van der Waals surface area contributed by atoms with Gasteiger partial charge in [0.05, 0.1) is 24.6 Å². The standard InChI is InChI=1S/C21H25ClN2O4/c1-3-27-18-14-17(24-21(26)15-9-6-5-7-10-15)19(28-4-2)13-16(18)23-20(25)11-8-12-22/h5-7,9-10,13-14H,3-4,8,11-12H2,1-2H3,(H,23,25)(H,24,26). The predicted molar refractivity (Wildman–Crippen MR) is 112 cm³/mol. The second kappa shape index (κ2) is 11.2. The predicted octanol–water partition coefficient (Wildman–Crippen LogP) is 4.69. The van der Waals surface area contributed by atoms with Crippen molar-refractivity contribution in [3.05, 3.63) is 48.0 Å². The van der Waals surface area contributed by atoms with Crippen molar-refractivity contribution in [2.24, 2.45) is 0 Å². The molecule has 28 heavy (non-hydrogen) atoms. The van der Waals surface area contributed by atoms with Crippen molar-refractivity contribution < 1.29 is 19.1 Å². The summed E-state index contributed by atoms with van der Waals surface area (Å²) >= 11 is 5.65. The van der Waals surface area contributed by atoms with Crippen LogP contribution in [0.25, 0.3) is 0 Å². The van der Waals surface area contributed by atoms with E-state index in [1.807, 2.05) is 19.9 Å². The molecule has 6 nitrogen and oxygen atoms in total. The third kappa shape index (κ3) is 6.16. The van der Waals surface area contributed by atoms with Crippen molar-refractivity contribution in [1.82, 2.24) is 0 Å². The minimum Gasteiger partial charge on any atom is -0.492 e. The molecule has 0 heterocycles. The molecule has 0 aliphatic heterocycles. The van der Waals surface area contributed by atoms with E-state index in [2.05, 4.69) is 10.6 Å². The Labute approximate surface area is 170 Å². The first-order valence-corrected chi connectivity index (χ1v) is 9.78. The van der Waals surface area contributed by atoms with E-state index in [1.54, 1.807) is 36.4 Å². The molecule has 0 aromatic heterocycles. The number of halogens is 1. The van der Waals surface area contributed by atoms with Crippen molar-refractivity contribution in [3.63, 3.8) is 0 Å². The van der Waals surface area contributed by atoms with Crippen LogP contribution >= 0.6 is 11.6 Å². The third-order valence-corrected chi connectivity index (χ3v) is 4.04. The topological polar surface area (TPSA) is 76.7 Å². The maximum atomic E-state index is 12.5. The average molecular weight is 405 g/mol. The molecule has 2 amide bonds. The fourth-order valence-electron chi connectivity index (χ4n) is 2.53. The van der Waals surface area contributed by atoms with E-state index < -0.39 is 0 Å². The molecule has 0 fully saturated rings. The fraction of sp³-hybridized carbons (Fsp3) is 0.333. The highest BCUT2D eigenvalue weighted by atomic mass is 35.5. The van der Waals surface area contributed by atoms with Gasteiger partial charge in [0.15, 0.2) is 0 Å². The number of carbonyl (C=O) groups excluding carboxylic acids is 2. The van der Waals surface area contributed by atoms with Gasteiger partial charge in [-0.2, -0.15) is 0 Å². The highest BCUT2D eigenvalue weighted by Crippen LogP contribution is 2.37. The molecule has 2 rings (SSSR count). The Bertz CT molecular complexity index is 796. The third-order valence-electron chi connectivity index (χ3n) is 3.78. The van der Waals surface area contributed by atoms with E-state index in [0.29, 0.717) is 60.4 Å². The SMILES string of the molecule is CCOc1cc(NC(=O)c2ccccc2)c(OCC)cc1NC(=O)CCCCl. The normalized spacial score (nSPS) is 10.2. The number of nitrogens with one attached hydrogen (secondary N) is 2. The van der Waals surface area contributed by atoms with Crippen molar-refractivity contribution in [2.75, 3.05) is 29.7 Å². The summed E-state index contributed by atoms with van der Waals surface area (Å²) in [5, 5.41) is 5.68. The number of hydrogen-bond acceptors (Lipinski definition) is 4. The van der Waals surface area contributed by atoms with E-state index in [1.165, 1.54) is 0 Å². The molecule has 0 atom stereocenters. The first-order valence-electron chi connectivity index (χ1n) is 9.24. The number of amides is 2. The molecule has 0 saturated carbocycles. The van der Waals surface area contributed by atoms with Gasteiger partial charge >= 0.3 is 0 Å². The highest BCUT2D eigenvalue weighted by molar-refractivity contribution is 6.18. The second-order valence-electron chi connectivity index (χ2n) is 5.87. The molecule has 150 valence electrons. The van der Waals surface area contributed by atoms with E-state index in [0.717, 1.165) is 0 Å². The van der Waals surface area contributed by atoms with Gasteiger partial charge in [0.25, 0.3) is 5.91 Å². The van der Waals surface area contributed by atoms with Crippen LogP contribution in [0.15, 0.2) is 42.5 Å². The van der Waals surface area contributed by atoms with Crippen molar-refractivity contribution in [1.29, 1.82) is 0 Å². The molecule has 2 aromatic rings. The monoisotopic (exact) mass is 404 g/mol. The lowest BCUT2D eigenvalue weighted by Crippen LogP contribution is -2.15. The molecule has 0 aliphatic carbocycles. The van der Waals surface area contributed by atoms with Gasteiger partial charge < -0.3 is 20.1 Å². The van der Waals surface area contributed by atoms with Gasteiger partial charge in [0.2, 0.25) is 5.91 Å². The number of hydrogen-bond donors (Lipinski definition) is 2. The highest BCUT2D eigenvalue weighted by Gasteiger charge is 2.16. The fourth-order valence-corrected chi connectivity index (χ4v) is 2.66. The first-order chi connectivity index (χ1) is 13.6. The first kappa shape index (κ1) is 21.6. The van der Waals surface area contributed by atoms with Crippen LogP contribution < -0.4 is 20.1 Å². The van der Waals surface area contributed by atoms with Crippen LogP contribution in [-0.2, 0) is 4.79 Å². The van der Waals surface area contributed by atoms with Crippen molar-refractivity contribution >= 4 is 34.8 Å². The summed E-state index contributed by atoms with van der Waals surface area (Å²) < 4.78 is 11.3. The second-order valence-corrected chi connectivity index (χ2v) is 6.25. The van der Waals surface area contributed by atoms with E-state index >= 15 is 0 Å². The largest absolute Gasteiger partial charge is 0.492 e. The summed E-state index contributed by atoms with van der Waals surface area (Å²) in [6.45, 7) is 4.50. The number of alkyl halides is 1. The number of carbonyl (C=O) groups is 2. The smallest absolute Gasteiger partial charge is 0.255 e. The molecule has 0 aliphatic rings. The number of ether oxygens (including phenoxy) is 2. The number of anilines is 2. The van der Waals surface area contributed by atoms with Crippen LogP contribution in [0.5, 0.6) is 11.5 Å². The van der Waals surface area contributed by atoms with Gasteiger partial charge in [-0.1, -0.05) is 18.2 Å². The molecule has 2 aromatic carbocycles. The zero-order valence-electron chi connectivity index (χ0n) is 16.1. The van der Waals surface area contributed by atoms with Gasteiger partial charge in [-0.15, -0.1) is 11.6 Å². The molecule has 0 unspecified atom stereocenters. The molecule has 2 N–H and O–H groups in total. The Morgan fingerprint density at radius 2 is 1.50 bits per heavy atom. The van der Waals surface area contributed by atoms with Gasteiger partial charge in [-0.05, 0) is 32.4 Å². The number of benzene rings is 2. The van der Waals surface area contributed by atoms with Crippen LogP contribution in [-0.4, -0.2) is 30.9 Å². The van der Waals surface area contributed by atoms with Gasteiger partial charge in [0, 0.05) is 30.0 Å². The maximum absolute atomic E-state index is 12.5. The molecule has 0 radical (unpaired) electrons. The molecule has 0 spiro atoms. The summed E-state index contributed by atoms with van der Waals surface area (Å²) in [6.07, 6.45) is 0.895. The van der Waals surface area contributed by atoms with Crippen LogP contribution in [0.1, 0.15) is 37.0 Å². The van der Waals surface area contributed by atoms with Crippen molar-refractivity contribution in [2.45, 2.75) is 26.7 Å². The van der Waals surface area contributed by atoms with Crippen LogP contribution in [0.2, 0.25) is 0 Å². The lowest BCUT2D eigenvalue weighted by Gasteiger charge is -2.18. The van der Waals surface area contributed by atoms with Crippen molar-refractivity contribution in [3.8, 4) is 11.5 Å². The molecular formula is C21H25ClN2O4. The Morgan fingerprint density at radius 3 is 2.04 bits per heavy atom. The zero-order chi connectivity index (χ0) is 20.4. The number of rotatable bonds is 10. The summed E-state index contributed by atoms with van der Waals surface area (Å²) in [4.78, 5) is 24.6. The van der Waals surface area contributed by atoms with Gasteiger partial charge in [-0.25, -0.2) is 0 Å². The Balaban J connectivity index is 2.32. The van der Waals surface area contributed by atoms with E-state index in [-0.39, 0.29) is 11.8 Å². The van der Waals surface area contributed by atoms with Gasteiger partial charge in [0.1, 0.15) is 11.5 Å². The minimum absolute atomic E-state index is 0.162. The van der Waals surface area contributed by atoms with Crippen LogP contribution in [0.3, 0.4) is 0 Å². The molecular weight excluding hydrogens is 380 g/mol.